The summed E-state index contributed by atoms with van der Waals surface area (Å²) in [5.41, 5.74) is 1.59. The Bertz CT molecular complexity index is 569. The summed E-state index contributed by atoms with van der Waals surface area (Å²) in [7, 11) is 1.69. The highest BCUT2D eigenvalue weighted by Crippen LogP contribution is 2.35. The summed E-state index contributed by atoms with van der Waals surface area (Å²) in [4.78, 5) is 5.50. The van der Waals surface area contributed by atoms with E-state index in [1.54, 1.807) is 18.4 Å². The number of thiazole rings is 1. The summed E-state index contributed by atoms with van der Waals surface area (Å²) in [6.07, 6.45) is 8.91. The van der Waals surface area contributed by atoms with Gasteiger partial charge in [0.25, 0.3) is 0 Å². The molecule has 0 spiro atoms. The predicted molar refractivity (Wildman–Crippen MR) is 82.5 cm³/mol. The standard InChI is InChI=1S/C15H23N3OS/c1-15(6-4-3-5-7-15)11-16-10-12-13(19-2)17-14-18(12)8-9-20-14/h8-9,16H,3-7,10-11H2,1-2H3. The maximum atomic E-state index is 5.39. The maximum Gasteiger partial charge on any atom is 0.237 e. The Morgan fingerprint density at radius 1 is 1.40 bits per heavy atom. The van der Waals surface area contributed by atoms with Crippen LogP contribution in [0.4, 0.5) is 0 Å². The summed E-state index contributed by atoms with van der Waals surface area (Å²) >= 11 is 1.64. The molecule has 1 fully saturated rings. The first-order valence-corrected chi connectivity index (χ1v) is 8.29. The zero-order valence-electron chi connectivity index (χ0n) is 12.3. The number of ether oxygens (including phenoxy) is 1. The second-order valence-corrected chi connectivity index (χ2v) is 6.97. The van der Waals surface area contributed by atoms with Crippen molar-refractivity contribution in [3.63, 3.8) is 0 Å². The zero-order valence-corrected chi connectivity index (χ0v) is 13.1. The van der Waals surface area contributed by atoms with E-state index in [0.717, 1.165) is 29.6 Å². The third kappa shape index (κ3) is 2.69. The van der Waals surface area contributed by atoms with Crippen LogP contribution in [0.2, 0.25) is 0 Å². The van der Waals surface area contributed by atoms with Crippen molar-refractivity contribution in [3.05, 3.63) is 17.3 Å². The van der Waals surface area contributed by atoms with Crippen molar-refractivity contribution in [1.29, 1.82) is 0 Å². The lowest BCUT2D eigenvalue weighted by Crippen LogP contribution is -2.33. The highest BCUT2D eigenvalue weighted by molar-refractivity contribution is 7.15. The van der Waals surface area contributed by atoms with E-state index in [0.29, 0.717) is 5.41 Å². The molecular formula is C15H23N3OS. The van der Waals surface area contributed by atoms with Crippen LogP contribution >= 0.6 is 11.3 Å². The Morgan fingerprint density at radius 2 is 2.20 bits per heavy atom. The fourth-order valence-corrected chi connectivity index (χ4v) is 3.93. The van der Waals surface area contributed by atoms with Gasteiger partial charge in [-0.25, -0.2) is 0 Å². The molecule has 0 bridgehead atoms. The number of aromatic nitrogens is 2. The van der Waals surface area contributed by atoms with E-state index in [9.17, 15) is 0 Å². The van der Waals surface area contributed by atoms with Crippen molar-refractivity contribution in [2.75, 3.05) is 13.7 Å². The molecule has 0 saturated heterocycles. The van der Waals surface area contributed by atoms with Gasteiger partial charge in [-0.15, -0.1) is 11.3 Å². The second kappa shape index (κ2) is 5.74. The number of methoxy groups -OCH3 is 1. The van der Waals surface area contributed by atoms with Gasteiger partial charge in [-0.3, -0.25) is 4.40 Å². The minimum absolute atomic E-state index is 0.462. The van der Waals surface area contributed by atoms with Crippen molar-refractivity contribution in [1.82, 2.24) is 14.7 Å². The molecular weight excluding hydrogens is 270 g/mol. The van der Waals surface area contributed by atoms with E-state index in [1.807, 2.05) is 0 Å². The summed E-state index contributed by atoms with van der Waals surface area (Å²) in [6.45, 7) is 4.30. The number of fused-ring (bicyclic) bond motifs is 1. The fraction of sp³-hybridized carbons (Fsp3) is 0.667. The molecule has 0 aromatic carbocycles. The van der Waals surface area contributed by atoms with Gasteiger partial charge in [-0.2, -0.15) is 4.98 Å². The number of nitrogens with zero attached hydrogens (tertiary/aromatic N) is 2. The summed E-state index contributed by atoms with van der Waals surface area (Å²) < 4.78 is 7.52. The van der Waals surface area contributed by atoms with Crippen LogP contribution in [-0.2, 0) is 6.54 Å². The zero-order chi connectivity index (χ0) is 14.0. The largest absolute Gasteiger partial charge is 0.480 e. The molecule has 1 saturated carbocycles. The van der Waals surface area contributed by atoms with E-state index >= 15 is 0 Å². The van der Waals surface area contributed by atoms with Gasteiger partial charge >= 0.3 is 0 Å². The van der Waals surface area contributed by atoms with Crippen molar-refractivity contribution in [2.45, 2.75) is 45.6 Å². The first-order chi connectivity index (χ1) is 9.72. The number of imidazole rings is 1. The maximum absolute atomic E-state index is 5.39. The number of rotatable bonds is 5. The number of nitrogens with one attached hydrogen (secondary N) is 1. The molecule has 3 rings (SSSR count). The van der Waals surface area contributed by atoms with Gasteiger partial charge in [0.1, 0.15) is 5.69 Å². The van der Waals surface area contributed by atoms with Gasteiger partial charge in [-0.1, -0.05) is 26.2 Å². The van der Waals surface area contributed by atoms with Crippen LogP contribution in [-0.4, -0.2) is 23.0 Å². The molecule has 110 valence electrons. The first kappa shape index (κ1) is 13.9. The minimum Gasteiger partial charge on any atom is -0.480 e. The fourth-order valence-electron chi connectivity index (χ4n) is 3.20. The summed E-state index contributed by atoms with van der Waals surface area (Å²) in [5.74, 6) is 0.748. The SMILES string of the molecule is COc1nc2sccn2c1CNCC1(C)CCCCC1. The molecule has 0 amide bonds. The normalized spacial score (nSPS) is 18.5. The van der Waals surface area contributed by atoms with E-state index in [1.165, 1.54) is 32.1 Å². The molecule has 0 radical (unpaired) electrons. The Labute approximate surface area is 124 Å². The van der Waals surface area contributed by atoms with E-state index in [-0.39, 0.29) is 0 Å². The monoisotopic (exact) mass is 293 g/mol. The van der Waals surface area contributed by atoms with Crippen LogP contribution in [0, 0.1) is 5.41 Å². The molecule has 2 heterocycles. The molecule has 5 heteroatoms. The molecule has 0 atom stereocenters. The number of hydrogen-bond donors (Lipinski definition) is 1. The van der Waals surface area contributed by atoms with E-state index < -0.39 is 0 Å². The Hall–Kier alpha value is -1.07. The minimum atomic E-state index is 0.462. The quantitative estimate of drug-likeness (QED) is 0.917. The first-order valence-electron chi connectivity index (χ1n) is 7.41. The Balaban J connectivity index is 1.65. The lowest BCUT2D eigenvalue weighted by molar-refractivity contribution is 0.207. The highest BCUT2D eigenvalue weighted by atomic mass is 32.1. The molecule has 1 aliphatic rings. The highest BCUT2D eigenvalue weighted by Gasteiger charge is 2.26. The predicted octanol–water partition coefficient (Wildman–Crippen LogP) is 3.46. The molecule has 4 nitrogen and oxygen atoms in total. The van der Waals surface area contributed by atoms with Crippen molar-refractivity contribution in [2.24, 2.45) is 5.41 Å². The smallest absolute Gasteiger partial charge is 0.237 e. The van der Waals surface area contributed by atoms with Crippen LogP contribution in [0.5, 0.6) is 5.88 Å². The van der Waals surface area contributed by atoms with Crippen LogP contribution < -0.4 is 10.1 Å². The Kier molecular flexibility index (Phi) is 3.98. The topological polar surface area (TPSA) is 38.6 Å². The third-order valence-corrected chi connectivity index (χ3v) is 5.18. The lowest BCUT2D eigenvalue weighted by Gasteiger charge is -2.33. The van der Waals surface area contributed by atoms with Gasteiger partial charge < -0.3 is 10.1 Å². The van der Waals surface area contributed by atoms with E-state index in [2.05, 4.69) is 33.2 Å². The molecule has 0 aliphatic heterocycles. The molecule has 20 heavy (non-hydrogen) atoms. The van der Waals surface area contributed by atoms with Crippen molar-refractivity contribution < 1.29 is 4.74 Å². The molecule has 0 unspecified atom stereocenters. The van der Waals surface area contributed by atoms with Crippen LogP contribution in [0.15, 0.2) is 11.6 Å². The average Bonchev–Trinajstić information content (AvgIpc) is 3.01. The number of hydrogen-bond acceptors (Lipinski definition) is 4. The summed E-state index contributed by atoms with van der Waals surface area (Å²) in [5, 5.41) is 5.68. The van der Waals surface area contributed by atoms with Gasteiger partial charge in [0.05, 0.1) is 7.11 Å². The Morgan fingerprint density at radius 3 is 2.95 bits per heavy atom. The molecule has 2 aromatic heterocycles. The average molecular weight is 293 g/mol. The van der Waals surface area contributed by atoms with Crippen LogP contribution in [0.3, 0.4) is 0 Å². The van der Waals surface area contributed by atoms with Gasteiger partial charge in [0.2, 0.25) is 5.88 Å². The van der Waals surface area contributed by atoms with Crippen LogP contribution in [0.1, 0.15) is 44.7 Å². The van der Waals surface area contributed by atoms with E-state index in [4.69, 9.17) is 4.74 Å². The van der Waals surface area contributed by atoms with Crippen molar-refractivity contribution in [3.8, 4) is 5.88 Å². The molecule has 1 N–H and O–H groups in total. The molecule has 2 aromatic rings. The van der Waals surface area contributed by atoms with Crippen molar-refractivity contribution >= 4 is 16.3 Å². The van der Waals surface area contributed by atoms with Gasteiger partial charge in [0, 0.05) is 24.7 Å². The third-order valence-electron chi connectivity index (χ3n) is 4.42. The molecule has 1 aliphatic carbocycles. The second-order valence-electron chi connectivity index (χ2n) is 6.10. The van der Waals surface area contributed by atoms with Crippen LogP contribution in [0.25, 0.3) is 4.96 Å². The van der Waals surface area contributed by atoms with Gasteiger partial charge in [-0.05, 0) is 18.3 Å². The summed E-state index contributed by atoms with van der Waals surface area (Å²) in [6, 6.07) is 0. The lowest BCUT2D eigenvalue weighted by atomic mass is 9.76. The van der Waals surface area contributed by atoms with Gasteiger partial charge in [0.15, 0.2) is 4.96 Å².